The summed E-state index contributed by atoms with van der Waals surface area (Å²) in [5.74, 6) is -0.163. The van der Waals surface area contributed by atoms with E-state index in [2.05, 4.69) is 6.07 Å². The first-order chi connectivity index (χ1) is 10.0. The first-order valence-corrected chi connectivity index (χ1v) is 6.99. The lowest BCUT2D eigenvalue weighted by Gasteiger charge is -2.30. The lowest BCUT2D eigenvalue weighted by Crippen LogP contribution is -2.42. The molecule has 5 heteroatoms. The maximum absolute atomic E-state index is 12.4. The molecule has 0 spiro atoms. The summed E-state index contributed by atoms with van der Waals surface area (Å²) in [6, 6.07) is 9.25. The molecule has 1 heterocycles. The van der Waals surface area contributed by atoms with Crippen molar-refractivity contribution < 1.29 is 9.59 Å². The maximum Gasteiger partial charge on any atom is 0.226 e. The number of nitriles is 1. The standard InChI is InChI=1S/C16H19N3O2/c1-18-8-7-14(9-15(18)20)16(21)19(2)11-13-5-3-12(10-17)4-6-13/h3-6,14H,7-9,11H2,1-2H3. The zero-order valence-corrected chi connectivity index (χ0v) is 12.4. The van der Waals surface area contributed by atoms with Crippen molar-refractivity contribution in [2.45, 2.75) is 19.4 Å². The minimum atomic E-state index is -0.211. The normalized spacial score (nSPS) is 18.2. The molecule has 2 amide bonds. The number of hydrogen-bond acceptors (Lipinski definition) is 3. The molecule has 2 rings (SSSR count). The van der Waals surface area contributed by atoms with Gasteiger partial charge in [0.2, 0.25) is 11.8 Å². The molecule has 1 atom stereocenters. The summed E-state index contributed by atoms with van der Waals surface area (Å²) in [5.41, 5.74) is 1.58. The third kappa shape index (κ3) is 3.60. The molecule has 1 saturated heterocycles. The van der Waals surface area contributed by atoms with E-state index in [1.807, 2.05) is 12.1 Å². The molecule has 0 bridgehead atoms. The van der Waals surface area contributed by atoms with Crippen molar-refractivity contribution in [2.75, 3.05) is 20.6 Å². The number of benzene rings is 1. The second-order valence-corrected chi connectivity index (χ2v) is 5.51. The number of hydrogen-bond donors (Lipinski definition) is 0. The van der Waals surface area contributed by atoms with Gasteiger partial charge in [0.05, 0.1) is 11.6 Å². The van der Waals surface area contributed by atoms with Crippen LogP contribution in [-0.2, 0) is 16.1 Å². The molecule has 21 heavy (non-hydrogen) atoms. The first kappa shape index (κ1) is 15.0. The molecule has 0 aliphatic carbocycles. The van der Waals surface area contributed by atoms with Gasteiger partial charge in [-0.25, -0.2) is 0 Å². The highest BCUT2D eigenvalue weighted by molar-refractivity contribution is 5.86. The van der Waals surface area contributed by atoms with Crippen LogP contribution in [0.4, 0.5) is 0 Å². The molecule has 1 aliphatic heterocycles. The minimum Gasteiger partial charge on any atom is -0.346 e. The number of nitrogens with zero attached hydrogens (tertiary/aromatic N) is 3. The van der Waals surface area contributed by atoms with Crippen LogP contribution in [0.2, 0.25) is 0 Å². The van der Waals surface area contributed by atoms with Crippen molar-refractivity contribution in [3.05, 3.63) is 35.4 Å². The Hall–Kier alpha value is -2.35. The minimum absolute atomic E-state index is 0.0146. The van der Waals surface area contributed by atoms with Crippen LogP contribution in [0.3, 0.4) is 0 Å². The lowest BCUT2D eigenvalue weighted by molar-refractivity contribution is -0.143. The molecule has 5 nitrogen and oxygen atoms in total. The van der Waals surface area contributed by atoms with E-state index < -0.39 is 0 Å². The highest BCUT2D eigenvalue weighted by atomic mass is 16.2. The summed E-state index contributed by atoms with van der Waals surface area (Å²) < 4.78 is 0. The quantitative estimate of drug-likeness (QED) is 0.843. The second kappa shape index (κ2) is 6.40. The fourth-order valence-electron chi connectivity index (χ4n) is 2.50. The third-order valence-corrected chi connectivity index (χ3v) is 3.89. The summed E-state index contributed by atoms with van der Waals surface area (Å²) in [7, 11) is 3.52. The Morgan fingerprint density at radius 1 is 1.43 bits per heavy atom. The van der Waals surface area contributed by atoms with Crippen molar-refractivity contribution in [3.63, 3.8) is 0 Å². The fourth-order valence-corrected chi connectivity index (χ4v) is 2.50. The van der Waals surface area contributed by atoms with Gasteiger partial charge in [0.25, 0.3) is 0 Å². The van der Waals surface area contributed by atoms with Crippen LogP contribution in [0, 0.1) is 17.2 Å². The van der Waals surface area contributed by atoms with Gasteiger partial charge in [-0.2, -0.15) is 5.26 Å². The zero-order chi connectivity index (χ0) is 15.4. The zero-order valence-electron chi connectivity index (χ0n) is 12.4. The van der Waals surface area contributed by atoms with Gasteiger partial charge in [0.15, 0.2) is 0 Å². The predicted octanol–water partition coefficient (Wildman–Crippen LogP) is 1.39. The van der Waals surface area contributed by atoms with E-state index in [0.717, 1.165) is 12.0 Å². The van der Waals surface area contributed by atoms with Gasteiger partial charge in [-0.05, 0) is 24.1 Å². The third-order valence-electron chi connectivity index (χ3n) is 3.89. The van der Waals surface area contributed by atoms with Crippen molar-refractivity contribution >= 4 is 11.8 Å². The first-order valence-electron chi connectivity index (χ1n) is 6.99. The molecule has 0 saturated carbocycles. The Morgan fingerprint density at radius 3 is 2.67 bits per heavy atom. The molecule has 1 aromatic rings. The van der Waals surface area contributed by atoms with E-state index in [4.69, 9.17) is 5.26 Å². The highest BCUT2D eigenvalue weighted by Gasteiger charge is 2.30. The van der Waals surface area contributed by atoms with Crippen molar-refractivity contribution in [1.29, 1.82) is 5.26 Å². The summed E-state index contributed by atoms with van der Waals surface area (Å²) >= 11 is 0. The number of amides is 2. The molecule has 0 N–H and O–H groups in total. The van der Waals surface area contributed by atoms with Crippen LogP contribution in [0.15, 0.2) is 24.3 Å². The van der Waals surface area contributed by atoms with E-state index >= 15 is 0 Å². The fraction of sp³-hybridized carbons (Fsp3) is 0.438. The Balaban J connectivity index is 1.96. The van der Waals surface area contributed by atoms with Crippen LogP contribution in [0.25, 0.3) is 0 Å². The average molecular weight is 285 g/mol. The molecule has 1 aliphatic rings. The monoisotopic (exact) mass is 285 g/mol. The van der Waals surface area contributed by atoms with Gasteiger partial charge >= 0.3 is 0 Å². The Morgan fingerprint density at radius 2 is 2.10 bits per heavy atom. The molecule has 0 aromatic heterocycles. The van der Waals surface area contributed by atoms with Crippen LogP contribution in [-0.4, -0.2) is 42.3 Å². The van der Waals surface area contributed by atoms with Crippen LogP contribution in [0.1, 0.15) is 24.0 Å². The number of carbonyl (C=O) groups excluding carboxylic acids is 2. The van der Waals surface area contributed by atoms with Crippen molar-refractivity contribution in [1.82, 2.24) is 9.80 Å². The topological polar surface area (TPSA) is 64.4 Å². The van der Waals surface area contributed by atoms with E-state index in [-0.39, 0.29) is 17.7 Å². The lowest BCUT2D eigenvalue weighted by atomic mass is 9.95. The second-order valence-electron chi connectivity index (χ2n) is 5.51. The van der Waals surface area contributed by atoms with Crippen LogP contribution < -0.4 is 0 Å². The van der Waals surface area contributed by atoms with E-state index in [0.29, 0.717) is 25.1 Å². The van der Waals surface area contributed by atoms with Crippen molar-refractivity contribution in [2.24, 2.45) is 5.92 Å². The van der Waals surface area contributed by atoms with Crippen molar-refractivity contribution in [3.8, 4) is 6.07 Å². The van der Waals surface area contributed by atoms with Gasteiger partial charge in [0.1, 0.15) is 0 Å². The predicted molar refractivity (Wildman–Crippen MR) is 78.0 cm³/mol. The summed E-state index contributed by atoms with van der Waals surface area (Å²) in [6.45, 7) is 1.13. The SMILES string of the molecule is CN1CCC(C(=O)N(C)Cc2ccc(C#N)cc2)CC1=O. The van der Waals surface area contributed by atoms with Crippen LogP contribution >= 0.6 is 0 Å². The van der Waals surface area contributed by atoms with Crippen LogP contribution in [0.5, 0.6) is 0 Å². The molecular weight excluding hydrogens is 266 g/mol. The molecular formula is C16H19N3O2. The summed E-state index contributed by atoms with van der Waals surface area (Å²) in [5, 5.41) is 8.76. The maximum atomic E-state index is 12.4. The Bertz CT molecular complexity index is 574. The van der Waals surface area contributed by atoms with Gasteiger partial charge in [-0.15, -0.1) is 0 Å². The van der Waals surface area contributed by atoms with E-state index in [9.17, 15) is 9.59 Å². The largest absolute Gasteiger partial charge is 0.346 e. The number of rotatable bonds is 3. The molecule has 1 fully saturated rings. The molecule has 110 valence electrons. The summed E-state index contributed by atoms with van der Waals surface area (Å²) in [4.78, 5) is 27.4. The van der Waals surface area contributed by atoms with E-state index in [1.54, 1.807) is 36.0 Å². The Kier molecular flexibility index (Phi) is 4.59. The smallest absolute Gasteiger partial charge is 0.226 e. The van der Waals surface area contributed by atoms with Gasteiger partial charge in [-0.1, -0.05) is 12.1 Å². The van der Waals surface area contributed by atoms with E-state index in [1.165, 1.54) is 0 Å². The highest BCUT2D eigenvalue weighted by Crippen LogP contribution is 2.20. The number of likely N-dealkylation sites (tertiary alicyclic amines) is 1. The average Bonchev–Trinajstić information content (AvgIpc) is 2.50. The molecule has 1 unspecified atom stereocenters. The number of carbonyl (C=O) groups is 2. The molecule has 1 aromatic carbocycles. The van der Waals surface area contributed by atoms with Gasteiger partial charge in [-0.3, -0.25) is 9.59 Å². The summed E-state index contributed by atoms with van der Waals surface area (Å²) in [6.07, 6.45) is 1.02. The molecule has 0 radical (unpaired) electrons. The van der Waals surface area contributed by atoms with Gasteiger partial charge in [0, 0.05) is 39.5 Å². The Labute approximate surface area is 124 Å². The number of piperidine rings is 1. The van der Waals surface area contributed by atoms with Gasteiger partial charge < -0.3 is 9.80 Å².